The van der Waals surface area contributed by atoms with Gasteiger partial charge in [0.15, 0.2) is 5.82 Å². The lowest BCUT2D eigenvalue weighted by molar-refractivity contribution is -0.0361. The molecule has 3 heterocycles. The van der Waals surface area contributed by atoms with Gasteiger partial charge in [0.1, 0.15) is 23.9 Å². The molecule has 0 aromatic carbocycles. The summed E-state index contributed by atoms with van der Waals surface area (Å²) in [6.07, 6.45) is 2.21. The zero-order valence-corrected chi connectivity index (χ0v) is 17.3. The van der Waals surface area contributed by atoms with Gasteiger partial charge in [0.25, 0.3) is 0 Å². The van der Waals surface area contributed by atoms with E-state index < -0.39 is 5.92 Å². The van der Waals surface area contributed by atoms with Crippen molar-refractivity contribution in [3.05, 3.63) is 41.5 Å². The third-order valence-electron chi connectivity index (χ3n) is 5.11. The molecule has 4 rings (SSSR count). The summed E-state index contributed by atoms with van der Waals surface area (Å²) >= 11 is 0. The van der Waals surface area contributed by atoms with Gasteiger partial charge in [0.2, 0.25) is 5.92 Å². The van der Waals surface area contributed by atoms with Gasteiger partial charge < -0.3 is 10.1 Å². The van der Waals surface area contributed by atoms with Crippen LogP contribution in [0.5, 0.6) is 5.75 Å². The van der Waals surface area contributed by atoms with E-state index in [-0.39, 0.29) is 25.5 Å². The SMILES string of the molecule is Cc1cc(C)n(-c2cc(OCc3cnn(C)n3)cc(NC3CCC(F)(F)CC3)n2)n1. The molecule has 0 bridgehead atoms. The van der Waals surface area contributed by atoms with Gasteiger partial charge in [-0.15, -0.1) is 0 Å². The molecule has 30 heavy (non-hydrogen) atoms. The molecule has 1 N–H and O–H groups in total. The molecule has 8 nitrogen and oxygen atoms in total. The highest BCUT2D eigenvalue weighted by atomic mass is 19.3. The Morgan fingerprint density at radius 3 is 2.57 bits per heavy atom. The van der Waals surface area contributed by atoms with Crippen LogP contribution in [0.1, 0.15) is 42.8 Å². The maximum Gasteiger partial charge on any atom is 0.248 e. The highest BCUT2D eigenvalue weighted by Crippen LogP contribution is 2.34. The molecular formula is C20H25F2N7O. The monoisotopic (exact) mass is 417 g/mol. The number of ether oxygens (including phenoxy) is 1. The summed E-state index contributed by atoms with van der Waals surface area (Å²) in [7, 11) is 1.74. The first-order valence-electron chi connectivity index (χ1n) is 9.95. The zero-order valence-electron chi connectivity index (χ0n) is 17.3. The fraction of sp³-hybridized carbons (Fsp3) is 0.500. The fourth-order valence-electron chi connectivity index (χ4n) is 3.62. The van der Waals surface area contributed by atoms with Crippen LogP contribution in [0.25, 0.3) is 5.82 Å². The van der Waals surface area contributed by atoms with E-state index in [9.17, 15) is 8.78 Å². The van der Waals surface area contributed by atoms with Crippen molar-refractivity contribution in [1.82, 2.24) is 29.8 Å². The second kappa shape index (κ2) is 8.00. The average Bonchev–Trinajstić information content (AvgIpc) is 3.26. The highest BCUT2D eigenvalue weighted by Gasteiger charge is 2.35. The van der Waals surface area contributed by atoms with Crippen LogP contribution in [-0.2, 0) is 13.7 Å². The van der Waals surface area contributed by atoms with Gasteiger partial charge in [-0.05, 0) is 32.8 Å². The van der Waals surface area contributed by atoms with E-state index in [1.807, 2.05) is 19.9 Å². The second-order valence-corrected chi connectivity index (χ2v) is 7.77. The van der Waals surface area contributed by atoms with E-state index in [4.69, 9.17) is 4.74 Å². The Labute approximate surface area is 173 Å². The topological polar surface area (TPSA) is 82.7 Å². The number of nitrogens with one attached hydrogen (secondary N) is 1. The van der Waals surface area contributed by atoms with Gasteiger partial charge in [-0.3, -0.25) is 0 Å². The van der Waals surface area contributed by atoms with Crippen LogP contribution >= 0.6 is 0 Å². The molecule has 0 aliphatic heterocycles. The third kappa shape index (κ3) is 4.74. The Hall–Kier alpha value is -3.04. The standard InChI is InChI=1S/C20H25F2N7O/c1-13-8-14(2)29(26-13)19-10-17(30-12-16-11-23-28(3)27-16)9-18(25-19)24-15-4-6-20(21,22)7-5-15/h8-11,15H,4-7,12H2,1-3H3,(H,24,25). The first kappa shape index (κ1) is 20.2. The molecule has 0 unspecified atom stereocenters. The predicted octanol–water partition coefficient (Wildman–Crippen LogP) is 3.58. The Kier molecular flexibility index (Phi) is 5.40. The van der Waals surface area contributed by atoms with Gasteiger partial charge in [0.05, 0.1) is 11.9 Å². The lowest BCUT2D eigenvalue weighted by atomic mass is 9.92. The summed E-state index contributed by atoms with van der Waals surface area (Å²) in [4.78, 5) is 6.13. The lowest BCUT2D eigenvalue weighted by Gasteiger charge is -2.29. The van der Waals surface area contributed by atoms with Crippen molar-refractivity contribution in [1.29, 1.82) is 0 Å². The van der Waals surface area contributed by atoms with Crippen LogP contribution in [0.4, 0.5) is 14.6 Å². The first-order chi connectivity index (χ1) is 14.3. The number of rotatable bonds is 6. The number of alkyl halides is 2. The van der Waals surface area contributed by atoms with E-state index in [0.717, 1.165) is 11.4 Å². The normalized spacial score (nSPS) is 16.6. The van der Waals surface area contributed by atoms with E-state index in [1.165, 1.54) is 4.80 Å². The number of aryl methyl sites for hydroxylation is 3. The minimum atomic E-state index is -2.57. The maximum atomic E-state index is 13.5. The summed E-state index contributed by atoms with van der Waals surface area (Å²) in [6.45, 7) is 4.12. The van der Waals surface area contributed by atoms with Crippen LogP contribution in [0, 0.1) is 13.8 Å². The average molecular weight is 417 g/mol. The van der Waals surface area contributed by atoms with Crippen molar-refractivity contribution >= 4 is 5.82 Å². The van der Waals surface area contributed by atoms with Gasteiger partial charge in [-0.2, -0.15) is 20.1 Å². The molecule has 3 aromatic heterocycles. The minimum absolute atomic E-state index is 0.0549. The summed E-state index contributed by atoms with van der Waals surface area (Å²) in [5.41, 5.74) is 2.52. The molecule has 0 amide bonds. The number of aromatic nitrogens is 6. The molecule has 160 valence electrons. The number of pyridine rings is 1. The smallest absolute Gasteiger partial charge is 0.248 e. The summed E-state index contributed by atoms with van der Waals surface area (Å²) < 4.78 is 34.6. The summed E-state index contributed by atoms with van der Waals surface area (Å²) in [5, 5.41) is 16.1. The Morgan fingerprint density at radius 2 is 1.93 bits per heavy atom. The molecule has 10 heteroatoms. The quantitative estimate of drug-likeness (QED) is 0.660. The number of anilines is 1. The fourth-order valence-corrected chi connectivity index (χ4v) is 3.62. The highest BCUT2D eigenvalue weighted by molar-refractivity contribution is 5.48. The summed E-state index contributed by atoms with van der Waals surface area (Å²) in [6, 6.07) is 5.49. The van der Waals surface area contributed by atoms with Crippen LogP contribution in [-0.4, -0.2) is 41.7 Å². The molecule has 0 spiro atoms. The first-order valence-corrected chi connectivity index (χ1v) is 9.95. The molecule has 1 fully saturated rings. The van der Waals surface area contributed by atoms with Gasteiger partial charge in [-0.25, -0.2) is 18.4 Å². The van der Waals surface area contributed by atoms with E-state index in [0.29, 0.717) is 35.9 Å². The van der Waals surface area contributed by atoms with E-state index >= 15 is 0 Å². The number of hydrogen-bond acceptors (Lipinski definition) is 6. The molecule has 0 radical (unpaired) electrons. The molecule has 1 saturated carbocycles. The second-order valence-electron chi connectivity index (χ2n) is 7.77. The summed E-state index contributed by atoms with van der Waals surface area (Å²) in [5.74, 6) is -0.811. The van der Waals surface area contributed by atoms with Crippen molar-refractivity contribution < 1.29 is 13.5 Å². The van der Waals surface area contributed by atoms with Crippen LogP contribution in [0.15, 0.2) is 24.4 Å². The van der Waals surface area contributed by atoms with Gasteiger partial charge in [-0.1, -0.05) is 0 Å². The molecule has 1 aliphatic carbocycles. The molecule has 0 saturated heterocycles. The van der Waals surface area contributed by atoms with Gasteiger partial charge >= 0.3 is 0 Å². The predicted molar refractivity (Wildman–Crippen MR) is 107 cm³/mol. The lowest BCUT2D eigenvalue weighted by Crippen LogP contribution is -2.32. The number of nitrogens with zero attached hydrogens (tertiary/aromatic N) is 6. The van der Waals surface area contributed by atoms with Crippen molar-refractivity contribution in [3.63, 3.8) is 0 Å². The van der Waals surface area contributed by atoms with Crippen molar-refractivity contribution in [2.75, 3.05) is 5.32 Å². The molecule has 0 atom stereocenters. The van der Waals surface area contributed by atoms with Crippen LogP contribution < -0.4 is 10.1 Å². The minimum Gasteiger partial charge on any atom is -0.487 e. The number of halogens is 2. The maximum absolute atomic E-state index is 13.5. The van der Waals surface area contributed by atoms with E-state index in [1.54, 1.807) is 30.1 Å². The van der Waals surface area contributed by atoms with Gasteiger partial charge in [0, 0.05) is 43.8 Å². The molecule has 1 aliphatic rings. The Balaban J connectivity index is 1.58. The van der Waals surface area contributed by atoms with Crippen LogP contribution in [0.3, 0.4) is 0 Å². The van der Waals surface area contributed by atoms with Crippen LogP contribution in [0.2, 0.25) is 0 Å². The third-order valence-corrected chi connectivity index (χ3v) is 5.11. The van der Waals surface area contributed by atoms with Crippen molar-refractivity contribution in [3.8, 4) is 11.6 Å². The number of hydrogen-bond donors (Lipinski definition) is 1. The molecular weight excluding hydrogens is 392 g/mol. The van der Waals surface area contributed by atoms with Crippen molar-refractivity contribution in [2.24, 2.45) is 7.05 Å². The largest absolute Gasteiger partial charge is 0.487 e. The van der Waals surface area contributed by atoms with E-state index in [2.05, 4.69) is 25.6 Å². The Bertz CT molecular complexity index is 1020. The molecule has 3 aromatic rings. The van der Waals surface area contributed by atoms with Crippen molar-refractivity contribution in [2.45, 2.75) is 58.1 Å². The zero-order chi connectivity index (χ0) is 21.3. The Morgan fingerprint density at radius 1 is 1.17 bits per heavy atom.